The molecule has 0 radical (unpaired) electrons. The van der Waals surface area contributed by atoms with Crippen molar-refractivity contribution in [1.29, 1.82) is 0 Å². The van der Waals surface area contributed by atoms with Gasteiger partial charge in [-0.05, 0) is 125 Å². The summed E-state index contributed by atoms with van der Waals surface area (Å²) in [5, 5.41) is 2.45. The van der Waals surface area contributed by atoms with Gasteiger partial charge >= 0.3 is 0 Å². The first kappa shape index (κ1) is 33.5. The Kier molecular flexibility index (Phi) is 7.52. The molecule has 59 heavy (non-hydrogen) atoms. The predicted molar refractivity (Wildman–Crippen MR) is 245 cm³/mol. The van der Waals surface area contributed by atoms with E-state index in [1.165, 1.54) is 72.0 Å². The summed E-state index contributed by atoms with van der Waals surface area (Å²) < 4.78 is 0. The summed E-state index contributed by atoms with van der Waals surface area (Å²) >= 11 is 0. The van der Waals surface area contributed by atoms with Crippen LogP contribution >= 0.6 is 0 Å². The number of nitrogens with zero attached hydrogens (tertiary/aromatic N) is 1. The second-order valence-electron chi connectivity index (χ2n) is 15.8. The Balaban J connectivity index is 1.14. The van der Waals surface area contributed by atoms with E-state index in [9.17, 15) is 0 Å². The monoisotopic (exact) mass is 747 g/mol. The number of benzene rings is 9. The van der Waals surface area contributed by atoms with Gasteiger partial charge in [0.1, 0.15) is 0 Å². The van der Waals surface area contributed by atoms with E-state index in [-0.39, 0.29) is 0 Å². The van der Waals surface area contributed by atoms with Gasteiger partial charge in [-0.2, -0.15) is 0 Å². The van der Waals surface area contributed by atoms with Gasteiger partial charge in [-0.25, -0.2) is 4.98 Å². The van der Waals surface area contributed by atoms with Crippen molar-refractivity contribution in [3.8, 4) is 78.1 Å². The third kappa shape index (κ3) is 5.15. The Labute approximate surface area is 344 Å². The molecule has 10 aromatic rings. The van der Waals surface area contributed by atoms with E-state index in [2.05, 4.69) is 224 Å². The summed E-state index contributed by atoms with van der Waals surface area (Å²) in [5.41, 5.74) is 21.1. The van der Waals surface area contributed by atoms with Crippen LogP contribution in [0, 0.1) is 0 Å². The van der Waals surface area contributed by atoms with Gasteiger partial charge in [0.15, 0.2) is 0 Å². The fourth-order valence-electron chi connectivity index (χ4n) is 10.1. The Morgan fingerprint density at radius 3 is 1.39 bits per heavy atom. The summed E-state index contributed by atoms with van der Waals surface area (Å²) in [6, 6.07) is 82.3. The van der Waals surface area contributed by atoms with E-state index < -0.39 is 5.41 Å². The zero-order chi connectivity index (χ0) is 38.9. The van der Waals surface area contributed by atoms with Crippen LogP contribution in [0.1, 0.15) is 22.3 Å². The molecule has 0 N–H and O–H groups in total. The highest BCUT2D eigenvalue weighted by atomic mass is 14.7. The molecule has 2 aliphatic rings. The van der Waals surface area contributed by atoms with E-state index in [0.717, 1.165) is 39.2 Å². The molecule has 1 heteroatoms. The van der Waals surface area contributed by atoms with Crippen LogP contribution in [0.15, 0.2) is 224 Å². The van der Waals surface area contributed by atoms with Crippen molar-refractivity contribution in [1.82, 2.24) is 4.98 Å². The SMILES string of the molecule is c1ccc(-c2cc(-c3ccccc3)cc(-c3cc(-c4ccc5ccccc5c4)cc(-c4cccc5c4-c4ccccc4C54c5ccccc5-c5ccccc54)n3)c2)cc1. The second-order valence-corrected chi connectivity index (χ2v) is 15.8. The topological polar surface area (TPSA) is 12.9 Å². The third-order valence-electron chi connectivity index (χ3n) is 12.6. The van der Waals surface area contributed by atoms with E-state index in [4.69, 9.17) is 4.98 Å². The average molecular weight is 748 g/mol. The van der Waals surface area contributed by atoms with Gasteiger partial charge in [-0.15, -0.1) is 0 Å². The Hall–Kier alpha value is -7.61. The highest BCUT2D eigenvalue weighted by molar-refractivity contribution is 6.00. The highest BCUT2D eigenvalue weighted by Gasteiger charge is 2.52. The first-order valence-electron chi connectivity index (χ1n) is 20.4. The molecule has 9 aromatic carbocycles. The smallest absolute Gasteiger partial charge is 0.0725 e. The zero-order valence-corrected chi connectivity index (χ0v) is 32.3. The van der Waals surface area contributed by atoms with Crippen molar-refractivity contribution in [3.63, 3.8) is 0 Å². The molecule has 0 unspecified atom stereocenters. The first-order chi connectivity index (χ1) is 29.2. The molecule has 1 heterocycles. The summed E-state index contributed by atoms with van der Waals surface area (Å²) in [6.07, 6.45) is 0. The van der Waals surface area contributed by atoms with Crippen molar-refractivity contribution in [2.24, 2.45) is 0 Å². The van der Waals surface area contributed by atoms with Gasteiger partial charge in [0.25, 0.3) is 0 Å². The van der Waals surface area contributed by atoms with Gasteiger partial charge in [0.05, 0.1) is 16.8 Å². The van der Waals surface area contributed by atoms with Crippen LogP contribution in [0.4, 0.5) is 0 Å². The molecule has 0 fully saturated rings. The molecule has 12 rings (SSSR count). The highest BCUT2D eigenvalue weighted by Crippen LogP contribution is 2.64. The number of hydrogen-bond acceptors (Lipinski definition) is 1. The lowest BCUT2D eigenvalue weighted by Crippen LogP contribution is -2.25. The average Bonchev–Trinajstić information content (AvgIpc) is 3.79. The standard InChI is InChI=1S/C58H37N/c1-3-16-38(17-4-1)43-33-44(39-18-5-2-6-19-39)35-46(34-43)55-36-45(42-31-30-40-20-7-8-21-41(40)32-42)37-56(59-55)50-25-15-29-54-57(50)49-24-11-14-28-53(49)58(54)51-26-12-9-22-47(51)48-23-10-13-27-52(48)58/h1-37H. The third-order valence-corrected chi connectivity index (χ3v) is 12.6. The molecule has 0 aliphatic heterocycles. The molecule has 0 saturated heterocycles. The summed E-state index contributed by atoms with van der Waals surface area (Å²) in [4.78, 5) is 5.69. The van der Waals surface area contributed by atoms with Crippen LogP contribution in [0.25, 0.3) is 88.9 Å². The normalized spacial score (nSPS) is 12.9. The Morgan fingerprint density at radius 2 is 0.729 bits per heavy atom. The molecule has 2 aliphatic carbocycles. The molecule has 1 nitrogen and oxygen atoms in total. The largest absolute Gasteiger partial charge is 0.248 e. The summed E-state index contributed by atoms with van der Waals surface area (Å²) in [5.74, 6) is 0. The fraction of sp³-hybridized carbons (Fsp3) is 0.0172. The number of pyridine rings is 1. The van der Waals surface area contributed by atoms with Gasteiger partial charge in [0.2, 0.25) is 0 Å². The molecule has 0 atom stereocenters. The molecule has 274 valence electrons. The quantitative estimate of drug-likeness (QED) is 0.171. The molecule has 0 bridgehead atoms. The van der Waals surface area contributed by atoms with Crippen LogP contribution in [-0.2, 0) is 5.41 Å². The number of hydrogen-bond donors (Lipinski definition) is 0. The van der Waals surface area contributed by atoms with E-state index in [1.807, 2.05) is 0 Å². The van der Waals surface area contributed by atoms with E-state index in [1.54, 1.807) is 0 Å². The molecular formula is C58H37N. The molecule has 0 amide bonds. The minimum atomic E-state index is -0.428. The van der Waals surface area contributed by atoms with Crippen LogP contribution in [-0.4, -0.2) is 4.98 Å². The van der Waals surface area contributed by atoms with Crippen molar-refractivity contribution in [3.05, 3.63) is 247 Å². The lowest BCUT2D eigenvalue weighted by Gasteiger charge is -2.30. The van der Waals surface area contributed by atoms with Crippen LogP contribution in [0.5, 0.6) is 0 Å². The number of rotatable bonds is 5. The molecule has 1 aromatic heterocycles. The lowest BCUT2D eigenvalue weighted by atomic mass is 9.70. The molecular weight excluding hydrogens is 711 g/mol. The van der Waals surface area contributed by atoms with Crippen LogP contribution < -0.4 is 0 Å². The lowest BCUT2D eigenvalue weighted by molar-refractivity contribution is 0.794. The van der Waals surface area contributed by atoms with Gasteiger partial charge in [-0.3, -0.25) is 0 Å². The van der Waals surface area contributed by atoms with E-state index in [0.29, 0.717) is 0 Å². The minimum Gasteiger partial charge on any atom is -0.248 e. The predicted octanol–water partition coefficient (Wildman–Crippen LogP) is 14.9. The molecule has 0 saturated carbocycles. The maximum Gasteiger partial charge on any atom is 0.0725 e. The number of fused-ring (bicyclic) bond motifs is 11. The van der Waals surface area contributed by atoms with Crippen LogP contribution in [0.2, 0.25) is 0 Å². The van der Waals surface area contributed by atoms with Crippen LogP contribution in [0.3, 0.4) is 0 Å². The van der Waals surface area contributed by atoms with Crippen molar-refractivity contribution >= 4 is 10.8 Å². The fourth-order valence-corrected chi connectivity index (χ4v) is 10.1. The summed E-state index contributed by atoms with van der Waals surface area (Å²) in [6.45, 7) is 0. The zero-order valence-electron chi connectivity index (χ0n) is 32.3. The summed E-state index contributed by atoms with van der Waals surface area (Å²) in [7, 11) is 0. The maximum absolute atomic E-state index is 5.69. The van der Waals surface area contributed by atoms with E-state index >= 15 is 0 Å². The maximum atomic E-state index is 5.69. The number of aromatic nitrogens is 1. The van der Waals surface area contributed by atoms with Gasteiger partial charge < -0.3 is 0 Å². The van der Waals surface area contributed by atoms with Crippen molar-refractivity contribution in [2.45, 2.75) is 5.41 Å². The van der Waals surface area contributed by atoms with Crippen molar-refractivity contribution in [2.75, 3.05) is 0 Å². The Bertz CT molecular complexity index is 3160. The van der Waals surface area contributed by atoms with Gasteiger partial charge in [0, 0.05) is 11.1 Å². The second kappa shape index (κ2) is 13.2. The van der Waals surface area contributed by atoms with Gasteiger partial charge in [-0.1, -0.05) is 188 Å². The first-order valence-corrected chi connectivity index (χ1v) is 20.4. The minimum absolute atomic E-state index is 0.428. The molecule has 1 spiro atoms. The van der Waals surface area contributed by atoms with Crippen molar-refractivity contribution < 1.29 is 0 Å². The Morgan fingerprint density at radius 1 is 0.254 bits per heavy atom.